The molecule has 1 unspecified atom stereocenters. The molecular formula is C10H19NOS. The molecule has 1 rings (SSSR count). The first kappa shape index (κ1) is 10.9. The molecule has 0 N–H and O–H groups in total. The highest BCUT2D eigenvalue weighted by Gasteiger charge is 2.39. The lowest BCUT2D eigenvalue weighted by atomic mass is 10.0. The zero-order valence-corrected chi connectivity index (χ0v) is 9.62. The predicted octanol–water partition coefficient (Wildman–Crippen LogP) is 2.14. The maximum Gasteiger partial charge on any atom is 0.238 e. The van der Waals surface area contributed by atoms with Crippen LogP contribution in [0.25, 0.3) is 0 Å². The molecule has 0 radical (unpaired) electrons. The third kappa shape index (κ3) is 2.19. The van der Waals surface area contributed by atoms with Crippen LogP contribution in [0.4, 0.5) is 0 Å². The Balaban J connectivity index is 2.64. The minimum absolute atomic E-state index is 0.119. The Hall–Kier alpha value is -0.180. The molecule has 13 heavy (non-hydrogen) atoms. The maximum absolute atomic E-state index is 12.0. The van der Waals surface area contributed by atoms with Crippen LogP contribution in [-0.4, -0.2) is 34.4 Å². The molecule has 1 saturated heterocycles. The van der Waals surface area contributed by atoms with Crippen molar-refractivity contribution in [3.05, 3.63) is 0 Å². The van der Waals surface area contributed by atoms with Gasteiger partial charge in [-0.3, -0.25) is 4.79 Å². The van der Waals surface area contributed by atoms with E-state index in [9.17, 15) is 4.79 Å². The van der Waals surface area contributed by atoms with Crippen LogP contribution in [0.5, 0.6) is 0 Å². The molecule has 0 saturated carbocycles. The van der Waals surface area contributed by atoms with Crippen LogP contribution in [0.1, 0.15) is 33.6 Å². The number of hydrogen-bond acceptors (Lipinski definition) is 2. The van der Waals surface area contributed by atoms with Crippen LogP contribution >= 0.6 is 11.8 Å². The largest absolute Gasteiger partial charge is 0.342 e. The number of carbonyl (C=O) groups excluding carboxylic acids is 1. The highest BCUT2D eigenvalue weighted by Crippen LogP contribution is 2.39. The number of carbonyl (C=O) groups is 1. The van der Waals surface area contributed by atoms with Gasteiger partial charge in [0.15, 0.2) is 0 Å². The second kappa shape index (κ2) is 4.36. The summed E-state index contributed by atoms with van der Waals surface area (Å²) in [6, 6.07) is 0. The maximum atomic E-state index is 12.0. The van der Waals surface area contributed by atoms with Gasteiger partial charge in [-0.1, -0.05) is 0 Å². The molecule has 1 aliphatic rings. The standard InChI is InChI=1S/C10H19NOS/c1-4-11(5-2)9(12)10(3)7-6-8-13-10/h4-8H2,1-3H3. The Morgan fingerprint density at radius 2 is 2.08 bits per heavy atom. The Kier molecular flexibility index (Phi) is 3.65. The van der Waals surface area contributed by atoms with Crippen LogP contribution in [0, 0.1) is 0 Å². The van der Waals surface area contributed by atoms with Gasteiger partial charge in [-0.2, -0.15) is 0 Å². The van der Waals surface area contributed by atoms with Crippen molar-refractivity contribution in [2.24, 2.45) is 0 Å². The van der Waals surface area contributed by atoms with Crippen LogP contribution in [0.15, 0.2) is 0 Å². The second-order valence-electron chi connectivity index (χ2n) is 3.66. The third-order valence-electron chi connectivity index (χ3n) is 2.72. The van der Waals surface area contributed by atoms with Gasteiger partial charge >= 0.3 is 0 Å². The Morgan fingerprint density at radius 3 is 2.46 bits per heavy atom. The van der Waals surface area contributed by atoms with Crippen LogP contribution in [-0.2, 0) is 4.79 Å². The Bertz CT molecular complexity index is 183. The van der Waals surface area contributed by atoms with E-state index in [1.54, 1.807) is 0 Å². The second-order valence-corrected chi connectivity index (χ2v) is 5.26. The molecule has 1 fully saturated rings. The lowest BCUT2D eigenvalue weighted by Gasteiger charge is -2.29. The molecule has 1 atom stereocenters. The molecule has 0 aromatic heterocycles. The number of thioether (sulfide) groups is 1. The van der Waals surface area contributed by atoms with E-state index in [0.717, 1.165) is 25.3 Å². The Labute approximate surface area is 85.1 Å². The summed E-state index contributed by atoms with van der Waals surface area (Å²) >= 11 is 1.82. The highest BCUT2D eigenvalue weighted by atomic mass is 32.2. The van der Waals surface area contributed by atoms with Gasteiger partial charge in [0.1, 0.15) is 0 Å². The normalized spacial score (nSPS) is 27.6. The first-order valence-corrected chi connectivity index (χ1v) is 6.06. The molecule has 1 amide bonds. The van der Waals surface area contributed by atoms with Gasteiger partial charge in [0, 0.05) is 13.1 Å². The molecule has 0 bridgehead atoms. The van der Waals surface area contributed by atoms with Gasteiger partial charge in [-0.25, -0.2) is 0 Å². The average molecular weight is 201 g/mol. The van der Waals surface area contributed by atoms with Crippen molar-refractivity contribution in [1.82, 2.24) is 4.90 Å². The fraction of sp³-hybridized carbons (Fsp3) is 0.900. The molecule has 2 nitrogen and oxygen atoms in total. The van der Waals surface area contributed by atoms with Crippen molar-refractivity contribution >= 4 is 17.7 Å². The molecule has 1 heterocycles. The smallest absolute Gasteiger partial charge is 0.238 e. The van der Waals surface area contributed by atoms with E-state index in [0.29, 0.717) is 5.91 Å². The molecule has 3 heteroatoms. The van der Waals surface area contributed by atoms with E-state index in [1.165, 1.54) is 6.42 Å². The topological polar surface area (TPSA) is 20.3 Å². The van der Waals surface area contributed by atoms with E-state index >= 15 is 0 Å². The molecule has 76 valence electrons. The molecule has 0 aromatic carbocycles. The molecule has 1 aliphatic heterocycles. The summed E-state index contributed by atoms with van der Waals surface area (Å²) in [6.45, 7) is 7.86. The van der Waals surface area contributed by atoms with Crippen molar-refractivity contribution in [2.75, 3.05) is 18.8 Å². The van der Waals surface area contributed by atoms with Crippen LogP contribution < -0.4 is 0 Å². The summed E-state index contributed by atoms with van der Waals surface area (Å²) in [5.74, 6) is 1.48. The van der Waals surface area contributed by atoms with Gasteiger partial charge in [-0.05, 0) is 39.4 Å². The van der Waals surface area contributed by atoms with Crippen molar-refractivity contribution in [1.29, 1.82) is 0 Å². The summed E-state index contributed by atoms with van der Waals surface area (Å²) < 4.78 is -0.119. The van der Waals surface area contributed by atoms with Crippen LogP contribution in [0.3, 0.4) is 0 Å². The minimum atomic E-state index is -0.119. The lowest BCUT2D eigenvalue weighted by Crippen LogP contribution is -2.43. The van der Waals surface area contributed by atoms with Gasteiger partial charge < -0.3 is 4.90 Å². The van der Waals surface area contributed by atoms with Gasteiger partial charge in [0.2, 0.25) is 5.91 Å². The highest BCUT2D eigenvalue weighted by molar-refractivity contribution is 8.01. The average Bonchev–Trinajstić information content (AvgIpc) is 2.55. The van der Waals surface area contributed by atoms with Gasteiger partial charge in [0.25, 0.3) is 0 Å². The fourth-order valence-electron chi connectivity index (χ4n) is 1.79. The molecule has 0 aromatic rings. The van der Waals surface area contributed by atoms with Crippen molar-refractivity contribution in [3.8, 4) is 0 Å². The quantitative estimate of drug-likeness (QED) is 0.697. The number of nitrogens with zero attached hydrogens (tertiary/aromatic N) is 1. The van der Waals surface area contributed by atoms with Crippen molar-refractivity contribution in [2.45, 2.75) is 38.4 Å². The number of rotatable bonds is 3. The number of amides is 1. The fourth-order valence-corrected chi connectivity index (χ4v) is 3.07. The molecular weight excluding hydrogens is 182 g/mol. The summed E-state index contributed by atoms with van der Waals surface area (Å²) in [5, 5.41) is 0. The van der Waals surface area contributed by atoms with Gasteiger partial charge in [0.05, 0.1) is 4.75 Å². The van der Waals surface area contributed by atoms with Crippen LogP contribution in [0.2, 0.25) is 0 Å². The van der Waals surface area contributed by atoms with E-state index in [4.69, 9.17) is 0 Å². The zero-order chi connectivity index (χ0) is 9.90. The summed E-state index contributed by atoms with van der Waals surface area (Å²) in [5.41, 5.74) is 0. The van der Waals surface area contributed by atoms with Crippen molar-refractivity contribution in [3.63, 3.8) is 0 Å². The molecule has 0 aliphatic carbocycles. The van der Waals surface area contributed by atoms with E-state index < -0.39 is 0 Å². The summed E-state index contributed by atoms with van der Waals surface area (Å²) in [6.07, 6.45) is 2.24. The van der Waals surface area contributed by atoms with Crippen molar-refractivity contribution < 1.29 is 4.79 Å². The zero-order valence-electron chi connectivity index (χ0n) is 8.80. The first-order valence-electron chi connectivity index (χ1n) is 5.07. The van der Waals surface area contributed by atoms with Gasteiger partial charge in [-0.15, -0.1) is 11.8 Å². The first-order chi connectivity index (χ1) is 6.14. The minimum Gasteiger partial charge on any atom is -0.342 e. The predicted molar refractivity (Wildman–Crippen MR) is 58.0 cm³/mol. The number of hydrogen-bond donors (Lipinski definition) is 0. The SMILES string of the molecule is CCN(CC)C(=O)C1(C)CCCS1. The molecule has 0 spiro atoms. The van der Waals surface area contributed by atoms with E-state index in [2.05, 4.69) is 6.92 Å². The van der Waals surface area contributed by atoms with E-state index in [-0.39, 0.29) is 4.75 Å². The lowest BCUT2D eigenvalue weighted by molar-refractivity contribution is -0.133. The monoisotopic (exact) mass is 201 g/mol. The summed E-state index contributed by atoms with van der Waals surface area (Å²) in [4.78, 5) is 14.0. The summed E-state index contributed by atoms with van der Waals surface area (Å²) in [7, 11) is 0. The Morgan fingerprint density at radius 1 is 1.46 bits per heavy atom. The third-order valence-corrected chi connectivity index (χ3v) is 4.23. The van der Waals surface area contributed by atoms with E-state index in [1.807, 2.05) is 30.5 Å².